The number of halogens is 1. The molecule has 5 nitrogen and oxygen atoms in total. The Balaban J connectivity index is 0.00000392. The second kappa shape index (κ2) is 15.1. The number of amides is 2. The molecule has 2 fully saturated rings. The Kier molecular flexibility index (Phi) is 13.6. The molecule has 2 rings (SSSR count). The van der Waals surface area contributed by atoms with Crippen LogP contribution in [0.3, 0.4) is 0 Å². The maximum Gasteiger partial charge on any atom is 0.242 e. The average molecular weight is 416 g/mol. The fourth-order valence-electron chi connectivity index (χ4n) is 4.34. The minimum atomic E-state index is -0.247. The third-order valence-corrected chi connectivity index (χ3v) is 6.03. The highest BCUT2D eigenvalue weighted by Crippen LogP contribution is 2.21. The molecule has 0 aromatic heterocycles. The molecule has 0 aromatic carbocycles. The monoisotopic (exact) mass is 415 g/mol. The van der Waals surface area contributed by atoms with Gasteiger partial charge in [0, 0.05) is 13.1 Å². The van der Waals surface area contributed by atoms with E-state index in [2.05, 4.69) is 17.6 Å². The van der Waals surface area contributed by atoms with E-state index in [-0.39, 0.29) is 36.3 Å². The molecular weight excluding hydrogens is 374 g/mol. The second-order valence-corrected chi connectivity index (χ2v) is 8.31. The minimum absolute atomic E-state index is 0. The largest absolute Gasteiger partial charge is 0.354 e. The molecule has 0 bridgehead atoms. The highest BCUT2D eigenvalue weighted by atomic mass is 35.5. The number of nitrogens with one attached hydrogen (secondary N) is 2. The molecule has 28 heavy (non-hydrogen) atoms. The van der Waals surface area contributed by atoms with Gasteiger partial charge in [0.15, 0.2) is 0 Å². The summed E-state index contributed by atoms with van der Waals surface area (Å²) in [6.45, 7) is 4.65. The summed E-state index contributed by atoms with van der Waals surface area (Å²) in [6, 6.07) is -0.316. The third kappa shape index (κ3) is 8.69. The van der Waals surface area contributed by atoms with E-state index >= 15 is 0 Å². The molecule has 2 aliphatic heterocycles. The van der Waals surface area contributed by atoms with Crippen LogP contribution < -0.4 is 10.6 Å². The molecule has 2 aliphatic rings. The van der Waals surface area contributed by atoms with Crippen molar-refractivity contribution in [1.82, 2.24) is 15.5 Å². The standard InChI is InChI=1S/C22H41N3O2.ClH/c1-2-3-4-5-6-7-8-9-10-11-16-24-21(26)20-15-13-18-25(20)22(27)19-14-12-17-23-19;/h19-20,23H,2-18H2,1H3,(H,24,26);1H/t19-,20?;/m0./s1. The summed E-state index contributed by atoms with van der Waals surface area (Å²) in [4.78, 5) is 26.9. The lowest BCUT2D eigenvalue weighted by Crippen LogP contribution is -2.51. The summed E-state index contributed by atoms with van der Waals surface area (Å²) in [5.74, 6) is 0.179. The molecule has 0 saturated carbocycles. The molecule has 2 atom stereocenters. The van der Waals surface area contributed by atoms with Crippen molar-refractivity contribution < 1.29 is 9.59 Å². The van der Waals surface area contributed by atoms with Crippen LogP contribution in [0, 0.1) is 0 Å². The minimum Gasteiger partial charge on any atom is -0.354 e. The molecule has 164 valence electrons. The normalized spacial score (nSPS) is 21.5. The molecule has 2 heterocycles. The number of rotatable bonds is 13. The SMILES string of the molecule is CCCCCCCCCCCCNC(=O)C1CCCN1C(=O)[C@@H]1CCCN1.Cl. The van der Waals surface area contributed by atoms with Crippen molar-refractivity contribution in [2.75, 3.05) is 19.6 Å². The Morgan fingerprint density at radius 1 is 0.929 bits per heavy atom. The van der Waals surface area contributed by atoms with Gasteiger partial charge in [-0.05, 0) is 38.6 Å². The van der Waals surface area contributed by atoms with Gasteiger partial charge in [0.2, 0.25) is 11.8 Å². The topological polar surface area (TPSA) is 61.4 Å². The van der Waals surface area contributed by atoms with E-state index in [9.17, 15) is 9.59 Å². The van der Waals surface area contributed by atoms with Crippen LogP contribution in [0.1, 0.15) is 96.8 Å². The molecule has 0 spiro atoms. The average Bonchev–Trinajstić information content (AvgIpc) is 3.37. The van der Waals surface area contributed by atoms with Crippen LogP contribution in [0.15, 0.2) is 0 Å². The van der Waals surface area contributed by atoms with Crippen LogP contribution in [0.2, 0.25) is 0 Å². The zero-order valence-corrected chi connectivity index (χ0v) is 18.7. The molecule has 0 radical (unpaired) electrons. The van der Waals surface area contributed by atoms with Crippen molar-refractivity contribution in [3.63, 3.8) is 0 Å². The first-order valence-corrected chi connectivity index (χ1v) is 11.6. The lowest BCUT2D eigenvalue weighted by atomic mass is 10.1. The lowest BCUT2D eigenvalue weighted by molar-refractivity contribution is -0.139. The van der Waals surface area contributed by atoms with Crippen molar-refractivity contribution in [3.05, 3.63) is 0 Å². The van der Waals surface area contributed by atoms with Gasteiger partial charge in [0.1, 0.15) is 6.04 Å². The number of carbonyl (C=O) groups excluding carboxylic acids is 2. The van der Waals surface area contributed by atoms with Crippen LogP contribution in [0.25, 0.3) is 0 Å². The van der Waals surface area contributed by atoms with Crippen molar-refractivity contribution in [3.8, 4) is 0 Å². The van der Waals surface area contributed by atoms with E-state index in [1.165, 1.54) is 57.8 Å². The first-order chi connectivity index (χ1) is 13.2. The first kappa shape index (κ1) is 25.2. The smallest absolute Gasteiger partial charge is 0.242 e. The summed E-state index contributed by atoms with van der Waals surface area (Å²) in [5, 5.41) is 6.33. The number of unbranched alkanes of at least 4 members (excludes halogenated alkanes) is 9. The van der Waals surface area contributed by atoms with Gasteiger partial charge in [-0.15, -0.1) is 12.4 Å². The Morgan fingerprint density at radius 3 is 2.18 bits per heavy atom. The molecular formula is C22H42ClN3O2. The van der Waals surface area contributed by atoms with Gasteiger partial charge in [0.25, 0.3) is 0 Å². The summed E-state index contributed by atoms with van der Waals surface area (Å²) in [7, 11) is 0. The predicted octanol–water partition coefficient (Wildman–Crippen LogP) is 4.19. The highest BCUT2D eigenvalue weighted by Gasteiger charge is 2.37. The van der Waals surface area contributed by atoms with Gasteiger partial charge >= 0.3 is 0 Å². The molecule has 2 saturated heterocycles. The van der Waals surface area contributed by atoms with Crippen molar-refractivity contribution in [2.24, 2.45) is 0 Å². The zero-order chi connectivity index (χ0) is 19.3. The van der Waals surface area contributed by atoms with Crippen LogP contribution in [0.4, 0.5) is 0 Å². The van der Waals surface area contributed by atoms with Crippen molar-refractivity contribution in [1.29, 1.82) is 0 Å². The second-order valence-electron chi connectivity index (χ2n) is 8.31. The molecule has 0 aliphatic carbocycles. The Bertz CT molecular complexity index is 441. The maximum atomic E-state index is 12.6. The molecule has 2 amide bonds. The number of nitrogens with zero attached hydrogens (tertiary/aromatic N) is 1. The van der Waals surface area contributed by atoms with Crippen molar-refractivity contribution >= 4 is 24.2 Å². The maximum absolute atomic E-state index is 12.6. The number of hydrogen-bond donors (Lipinski definition) is 2. The van der Waals surface area contributed by atoms with E-state index in [0.717, 1.165) is 51.7 Å². The lowest BCUT2D eigenvalue weighted by Gasteiger charge is -2.26. The van der Waals surface area contributed by atoms with Crippen molar-refractivity contribution in [2.45, 2.75) is 109 Å². The van der Waals surface area contributed by atoms with E-state index in [1.807, 2.05) is 4.90 Å². The van der Waals surface area contributed by atoms with Gasteiger partial charge in [0.05, 0.1) is 6.04 Å². The van der Waals surface area contributed by atoms with Crippen LogP contribution in [-0.2, 0) is 9.59 Å². The number of hydrogen-bond acceptors (Lipinski definition) is 3. The summed E-state index contributed by atoms with van der Waals surface area (Å²) < 4.78 is 0. The summed E-state index contributed by atoms with van der Waals surface area (Å²) in [5.41, 5.74) is 0. The van der Waals surface area contributed by atoms with E-state index in [4.69, 9.17) is 0 Å². The molecule has 6 heteroatoms. The first-order valence-electron chi connectivity index (χ1n) is 11.6. The van der Waals surface area contributed by atoms with Gasteiger partial charge in [-0.2, -0.15) is 0 Å². The van der Waals surface area contributed by atoms with Gasteiger partial charge < -0.3 is 15.5 Å². The third-order valence-electron chi connectivity index (χ3n) is 6.03. The summed E-state index contributed by atoms with van der Waals surface area (Å²) in [6.07, 6.45) is 16.7. The molecule has 1 unspecified atom stereocenters. The van der Waals surface area contributed by atoms with E-state index < -0.39 is 0 Å². The van der Waals surface area contributed by atoms with E-state index in [1.54, 1.807) is 0 Å². The fourth-order valence-corrected chi connectivity index (χ4v) is 4.34. The Labute approximate surface area is 178 Å². The van der Waals surface area contributed by atoms with Gasteiger partial charge in [-0.3, -0.25) is 9.59 Å². The van der Waals surface area contributed by atoms with Gasteiger partial charge in [-0.1, -0.05) is 64.7 Å². The number of carbonyl (C=O) groups is 2. The highest BCUT2D eigenvalue weighted by molar-refractivity contribution is 5.90. The predicted molar refractivity (Wildman–Crippen MR) is 118 cm³/mol. The summed E-state index contributed by atoms with van der Waals surface area (Å²) >= 11 is 0. The zero-order valence-electron chi connectivity index (χ0n) is 17.8. The van der Waals surface area contributed by atoms with Crippen LogP contribution in [0.5, 0.6) is 0 Å². The fraction of sp³-hybridized carbons (Fsp3) is 0.909. The molecule has 2 N–H and O–H groups in total. The Morgan fingerprint density at radius 2 is 1.57 bits per heavy atom. The van der Waals surface area contributed by atoms with Crippen LogP contribution >= 0.6 is 12.4 Å². The number of likely N-dealkylation sites (tertiary alicyclic amines) is 1. The quantitative estimate of drug-likeness (QED) is 0.443. The Hall–Kier alpha value is -0.810. The van der Waals surface area contributed by atoms with Crippen LogP contribution in [-0.4, -0.2) is 48.4 Å². The van der Waals surface area contributed by atoms with E-state index in [0.29, 0.717) is 0 Å². The van der Waals surface area contributed by atoms with Gasteiger partial charge in [-0.25, -0.2) is 0 Å². The molecule has 0 aromatic rings.